The Morgan fingerprint density at radius 2 is 2.00 bits per heavy atom. The molecule has 1 aromatic carbocycles. The summed E-state index contributed by atoms with van der Waals surface area (Å²) in [5, 5.41) is 0. The average molecular weight is 182 g/mol. The van der Waals surface area contributed by atoms with E-state index in [4.69, 9.17) is 22.8 Å². The fourth-order valence-electron chi connectivity index (χ4n) is 0.826. The van der Waals surface area contributed by atoms with Crippen LogP contribution in [0.25, 0.3) is 0 Å². The molecule has 12 heavy (non-hydrogen) atoms. The second-order valence-electron chi connectivity index (χ2n) is 2.20. The van der Waals surface area contributed by atoms with Gasteiger partial charge in [0.25, 0.3) is 0 Å². The summed E-state index contributed by atoms with van der Waals surface area (Å²) in [6.07, 6.45) is 0. The maximum atomic E-state index is 5.15. The van der Waals surface area contributed by atoms with Crippen LogP contribution in [0.5, 0.6) is 5.75 Å². The van der Waals surface area contributed by atoms with Gasteiger partial charge in [-0.2, -0.15) is 0 Å². The van der Waals surface area contributed by atoms with Crippen molar-refractivity contribution in [3.8, 4) is 5.75 Å². The number of nitrogens with one attached hydrogen (secondary N) is 1. The molecule has 0 heterocycles. The summed E-state index contributed by atoms with van der Waals surface area (Å²) in [5.74, 6) is 5.96. The van der Waals surface area contributed by atoms with Crippen LogP contribution >= 0.6 is 12.2 Å². The van der Waals surface area contributed by atoms with E-state index in [1.54, 1.807) is 7.11 Å². The Morgan fingerprint density at radius 3 is 2.42 bits per heavy atom. The number of hydrogen-bond acceptors (Lipinski definition) is 3. The summed E-state index contributed by atoms with van der Waals surface area (Å²) in [6.45, 7) is 0. The summed E-state index contributed by atoms with van der Waals surface area (Å²) >= 11 is 4.92. The topological polar surface area (TPSA) is 47.3 Å². The average Bonchev–Trinajstić information content (AvgIpc) is 2.17. The zero-order valence-electron chi connectivity index (χ0n) is 6.70. The lowest BCUT2D eigenvalue weighted by Gasteiger charge is -2.03. The van der Waals surface area contributed by atoms with Gasteiger partial charge in [0.2, 0.25) is 0 Å². The second-order valence-corrected chi connectivity index (χ2v) is 2.61. The molecule has 1 aromatic rings. The summed E-state index contributed by atoms with van der Waals surface area (Å²) in [6, 6.07) is 7.36. The number of rotatable bonds is 2. The molecule has 1 rings (SSSR count). The third-order valence-electron chi connectivity index (χ3n) is 1.48. The molecule has 4 heteroatoms. The van der Waals surface area contributed by atoms with Crippen molar-refractivity contribution in [3.63, 3.8) is 0 Å². The molecule has 0 aliphatic rings. The Bertz CT molecular complexity index is 271. The minimum atomic E-state index is 0.526. The zero-order valence-corrected chi connectivity index (χ0v) is 7.52. The first-order valence-corrected chi connectivity index (χ1v) is 3.83. The molecular formula is C8H10N2OS. The van der Waals surface area contributed by atoms with Crippen LogP contribution in [-0.2, 0) is 0 Å². The molecule has 0 radical (unpaired) electrons. The van der Waals surface area contributed by atoms with Crippen molar-refractivity contribution in [1.29, 1.82) is 0 Å². The SMILES string of the molecule is COc1ccc(C(=S)NN)cc1. The molecule has 3 nitrogen and oxygen atoms in total. The van der Waals surface area contributed by atoms with Crippen LogP contribution in [-0.4, -0.2) is 12.1 Å². The third kappa shape index (κ3) is 1.93. The molecule has 64 valence electrons. The predicted molar refractivity (Wildman–Crippen MR) is 52.0 cm³/mol. The quantitative estimate of drug-likeness (QED) is 0.404. The summed E-state index contributed by atoms with van der Waals surface area (Å²) in [5.41, 5.74) is 3.29. The van der Waals surface area contributed by atoms with Gasteiger partial charge in [-0.15, -0.1) is 0 Å². The van der Waals surface area contributed by atoms with Crippen LogP contribution < -0.4 is 16.0 Å². The molecule has 0 spiro atoms. The molecule has 0 unspecified atom stereocenters. The summed E-state index contributed by atoms with van der Waals surface area (Å²) in [4.78, 5) is 0.526. The molecule has 0 aromatic heterocycles. The van der Waals surface area contributed by atoms with E-state index in [9.17, 15) is 0 Å². The number of benzene rings is 1. The molecule has 0 amide bonds. The second kappa shape index (κ2) is 4.04. The third-order valence-corrected chi connectivity index (χ3v) is 1.84. The number of hydrazine groups is 1. The zero-order chi connectivity index (χ0) is 8.97. The lowest BCUT2D eigenvalue weighted by Crippen LogP contribution is -2.28. The van der Waals surface area contributed by atoms with E-state index in [0.29, 0.717) is 4.99 Å². The highest BCUT2D eigenvalue weighted by atomic mass is 32.1. The Morgan fingerprint density at radius 1 is 1.42 bits per heavy atom. The van der Waals surface area contributed by atoms with Gasteiger partial charge in [-0.3, -0.25) is 0 Å². The van der Waals surface area contributed by atoms with Gasteiger partial charge in [0, 0.05) is 5.56 Å². The molecule has 0 aliphatic carbocycles. The molecule has 0 saturated heterocycles. The van der Waals surface area contributed by atoms with E-state index < -0.39 is 0 Å². The fraction of sp³-hybridized carbons (Fsp3) is 0.125. The van der Waals surface area contributed by atoms with E-state index in [-0.39, 0.29) is 0 Å². The first-order valence-electron chi connectivity index (χ1n) is 3.43. The molecule has 0 atom stereocenters. The summed E-state index contributed by atoms with van der Waals surface area (Å²) in [7, 11) is 1.62. The minimum absolute atomic E-state index is 0.526. The van der Waals surface area contributed by atoms with Crippen LogP contribution in [0.1, 0.15) is 5.56 Å². The lowest BCUT2D eigenvalue weighted by atomic mass is 10.2. The van der Waals surface area contributed by atoms with Gasteiger partial charge in [0.1, 0.15) is 10.7 Å². The molecular weight excluding hydrogens is 172 g/mol. The maximum Gasteiger partial charge on any atom is 0.120 e. The highest BCUT2D eigenvalue weighted by molar-refractivity contribution is 7.80. The Labute approximate surface area is 76.5 Å². The van der Waals surface area contributed by atoms with Gasteiger partial charge in [-0.1, -0.05) is 12.2 Å². The van der Waals surface area contributed by atoms with Gasteiger partial charge in [0.15, 0.2) is 0 Å². The highest BCUT2D eigenvalue weighted by Gasteiger charge is 1.97. The smallest absolute Gasteiger partial charge is 0.120 e. The molecule has 0 saturated carbocycles. The van der Waals surface area contributed by atoms with Crippen molar-refractivity contribution in [2.24, 2.45) is 5.84 Å². The van der Waals surface area contributed by atoms with Crippen molar-refractivity contribution in [2.45, 2.75) is 0 Å². The van der Waals surface area contributed by atoms with Crippen LogP contribution in [0.4, 0.5) is 0 Å². The highest BCUT2D eigenvalue weighted by Crippen LogP contribution is 2.10. The molecule has 3 N–H and O–H groups in total. The monoisotopic (exact) mass is 182 g/mol. The van der Waals surface area contributed by atoms with Gasteiger partial charge in [0.05, 0.1) is 7.11 Å². The van der Waals surface area contributed by atoms with Crippen LogP contribution in [0.15, 0.2) is 24.3 Å². The summed E-state index contributed by atoms with van der Waals surface area (Å²) < 4.78 is 4.99. The standard InChI is InChI=1S/C8H10N2OS/c1-11-7-4-2-6(3-5-7)8(12)10-9/h2-5H,9H2,1H3,(H,10,12). The Kier molecular flexibility index (Phi) is 3.01. The van der Waals surface area contributed by atoms with Crippen molar-refractivity contribution in [1.82, 2.24) is 5.43 Å². The van der Waals surface area contributed by atoms with Crippen molar-refractivity contribution >= 4 is 17.2 Å². The predicted octanol–water partition coefficient (Wildman–Crippen LogP) is 0.834. The number of nitrogens with two attached hydrogens (primary N) is 1. The lowest BCUT2D eigenvalue weighted by molar-refractivity contribution is 0.415. The van der Waals surface area contributed by atoms with Crippen molar-refractivity contribution < 1.29 is 4.74 Å². The van der Waals surface area contributed by atoms with Gasteiger partial charge in [-0.25, -0.2) is 5.84 Å². The molecule has 0 fully saturated rings. The largest absolute Gasteiger partial charge is 0.497 e. The normalized spacial score (nSPS) is 9.17. The van der Waals surface area contributed by atoms with E-state index in [2.05, 4.69) is 5.43 Å². The maximum absolute atomic E-state index is 5.15. The molecule has 0 bridgehead atoms. The van der Waals surface area contributed by atoms with E-state index in [1.807, 2.05) is 24.3 Å². The van der Waals surface area contributed by atoms with Gasteiger partial charge < -0.3 is 10.2 Å². The number of thiocarbonyl (C=S) groups is 1. The van der Waals surface area contributed by atoms with E-state index in [1.165, 1.54) is 0 Å². The van der Waals surface area contributed by atoms with Crippen LogP contribution in [0.2, 0.25) is 0 Å². The fourth-order valence-corrected chi connectivity index (χ4v) is 0.962. The van der Waals surface area contributed by atoms with Crippen molar-refractivity contribution in [2.75, 3.05) is 7.11 Å². The number of methoxy groups -OCH3 is 1. The van der Waals surface area contributed by atoms with Gasteiger partial charge in [-0.05, 0) is 24.3 Å². The Hall–Kier alpha value is -1.13. The molecule has 0 aliphatic heterocycles. The van der Waals surface area contributed by atoms with Gasteiger partial charge >= 0.3 is 0 Å². The Balaban J connectivity index is 2.84. The van der Waals surface area contributed by atoms with Crippen molar-refractivity contribution in [3.05, 3.63) is 29.8 Å². The number of hydrogen-bond donors (Lipinski definition) is 2. The van der Waals surface area contributed by atoms with E-state index in [0.717, 1.165) is 11.3 Å². The van der Waals surface area contributed by atoms with E-state index >= 15 is 0 Å². The minimum Gasteiger partial charge on any atom is -0.497 e. The number of ether oxygens (including phenoxy) is 1. The first-order chi connectivity index (χ1) is 5.77. The van der Waals surface area contributed by atoms with Crippen LogP contribution in [0.3, 0.4) is 0 Å². The van der Waals surface area contributed by atoms with Crippen LogP contribution in [0, 0.1) is 0 Å². The first kappa shape index (κ1) is 8.96.